The molecule has 1 aromatic carbocycles. The molecule has 0 spiro atoms. The Kier molecular flexibility index (Phi) is 6.26. The quantitative estimate of drug-likeness (QED) is 0.451. The maximum Gasteiger partial charge on any atom is 0.332 e. The van der Waals surface area contributed by atoms with Crippen LogP contribution in [0.15, 0.2) is 24.3 Å². The lowest BCUT2D eigenvalue weighted by atomic mass is 9.81. The first-order chi connectivity index (χ1) is 12.3. The topological polar surface area (TPSA) is 128 Å². The predicted molar refractivity (Wildman–Crippen MR) is 92.3 cm³/mol. The molecule has 2 amide bonds. The number of nitrogens with zero attached hydrogens (tertiary/aromatic N) is 1. The Morgan fingerprint density at radius 2 is 1.85 bits per heavy atom. The Morgan fingerprint density at radius 1 is 1.19 bits per heavy atom. The minimum atomic E-state index is -1.11. The molecule has 2 rings (SSSR count). The fourth-order valence-electron chi connectivity index (χ4n) is 3.07. The van der Waals surface area contributed by atoms with Crippen molar-refractivity contribution in [3.05, 3.63) is 34.4 Å². The highest BCUT2D eigenvalue weighted by atomic mass is 16.6. The van der Waals surface area contributed by atoms with Gasteiger partial charge in [0.1, 0.15) is 11.2 Å². The van der Waals surface area contributed by atoms with Crippen LogP contribution in [0.2, 0.25) is 0 Å². The SMILES string of the molecule is CC(=O)NC1(C(=O)OCC(=O)Nc2ccccc2[N+](=O)[O-])CCCCC1. The third-order valence-corrected chi connectivity index (χ3v) is 4.22. The number of nitro benzene ring substituents is 1. The highest BCUT2D eigenvalue weighted by Crippen LogP contribution is 2.29. The van der Waals surface area contributed by atoms with Crippen LogP contribution in [0, 0.1) is 10.1 Å². The van der Waals surface area contributed by atoms with Crippen LogP contribution in [0.1, 0.15) is 39.0 Å². The lowest BCUT2D eigenvalue weighted by Gasteiger charge is -2.35. The molecule has 0 saturated heterocycles. The molecule has 0 unspecified atom stereocenters. The van der Waals surface area contributed by atoms with E-state index in [1.165, 1.54) is 25.1 Å². The molecule has 9 heteroatoms. The first kappa shape index (κ1) is 19.4. The minimum absolute atomic E-state index is 0.0211. The van der Waals surface area contributed by atoms with Crippen molar-refractivity contribution >= 4 is 29.2 Å². The molecule has 1 saturated carbocycles. The summed E-state index contributed by atoms with van der Waals surface area (Å²) in [5.41, 5.74) is -1.34. The van der Waals surface area contributed by atoms with E-state index < -0.39 is 28.9 Å². The molecule has 0 heterocycles. The van der Waals surface area contributed by atoms with E-state index >= 15 is 0 Å². The first-order valence-electron chi connectivity index (χ1n) is 8.33. The summed E-state index contributed by atoms with van der Waals surface area (Å²) in [5, 5.41) is 16.0. The molecule has 0 atom stereocenters. The van der Waals surface area contributed by atoms with Crippen molar-refractivity contribution < 1.29 is 24.0 Å². The van der Waals surface area contributed by atoms with Gasteiger partial charge in [0.2, 0.25) is 5.91 Å². The normalized spacial score (nSPS) is 15.6. The molecule has 1 aliphatic carbocycles. The Bertz CT molecular complexity index is 712. The molecule has 2 N–H and O–H groups in total. The van der Waals surface area contributed by atoms with E-state index in [2.05, 4.69) is 10.6 Å². The molecule has 0 aromatic heterocycles. The van der Waals surface area contributed by atoms with Crippen molar-refractivity contribution in [2.75, 3.05) is 11.9 Å². The smallest absolute Gasteiger partial charge is 0.332 e. The Balaban J connectivity index is 1.98. The summed E-state index contributed by atoms with van der Waals surface area (Å²) in [6.45, 7) is 0.733. The second-order valence-corrected chi connectivity index (χ2v) is 6.22. The molecule has 1 aliphatic rings. The van der Waals surface area contributed by atoms with Gasteiger partial charge in [-0.05, 0) is 18.9 Å². The van der Waals surface area contributed by atoms with Crippen LogP contribution in [0.25, 0.3) is 0 Å². The highest BCUT2D eigenvalue weighted by Gasteiger charge is 2.42. The predicted octanol–water partition coefficient (Wildman–Crippen LogP) is 1.92. The first-order valence-corrected chi connectivity index (χ1v) is 8.33. The average molecular weight is 363 g/mol. The number of carbonyl (C=O) groups excluding carboxylic acids is 3. The standard InChI is InChI=1S/C17H21N3O6/c1-12(21)19-17(9-5-2-6-10-17)16(23)26-11-15(22)18-13-7-3-4-8-14(13)20(24)25/h3-4,7-8H,2,5-6,9-11H2,1H3,(H,18,22)(H,19,21). The molecule has 0 aliphatic heterocycles. The van der Waals surface area contributed by atoms with E-state index in [4.69, 9.17) is 4.74 Å². The summed E-state index contributed by atoms with van der Waals surface area (Å²) in [7, 11) is 0. The molecular weight excluding hydrogens is 342 g/mol. The number of nitro groups is 1. The van der Waals surface area contributed by atoms with Gasteiger partial charge in [0, 0.05) is 13.0 Å². The third kappa shape index (κ3) is 4.78. The van der Waals surface area contributed by atoms with Crippen LogP contribution in [0.5, 0.6) is 0 Å². The summed E-state index contributed by atoms with van der Waals surface area (Å²) in [6, 6.07) is 5.67. The van der Waals surface area contributed by atoms with Gasteiger partial charge in [-0.25, -0.2) is 4.79 Å². The van der Waals surface area contributed by atoms with Gasteiger partial charge in [0.15, 0.2) is 6.61 Å². The van der Waals surface area contributed by atoms with Crippen molar-refractivity contribution in [1.82, 2.24) is 5.32 Å². The summed E-state index contributed by atoms with van der Waals surface area (Å²) in [5.74, 6) is -1.69. The van der Waals surface area contributed by atoms with Gasteiger partial charge in [0.25, 0.3) is 11.6 Å². The van der Waals surface area contributed by atoms with E-state index in [-0.39, 0.29) is 17.3 Å². The van der Waals surface area contributed by atoms with Crippen molar-refractivity contribution in [3.63, 3.8) is 0 Å². The molecule has 1 aromatic rings. The zero-order chi connectivity index (χ0) is 19.2. The number of para-hydroxylation sites is 2. The molecule has 9 nitrogen and oxygen atoms in total. The number of rotatable bonds is 6. The second-order valence-electron chi connectivity index (χ2n) is 6.22. The van der Waals surface area contributed by atoms with E-state index in [1.54, 1.807) is 6.07 Å². The summed E-state index contributed by atoms with van der Waals surface area (Å²) in [4.78, 5) is 46.2. The molecule has 140 valence electrons. The van der Waals surface area contributed by atoms with Gasteiger partial charge in [-0.3, -0.25) is 19.7 Å². The van der Waals surface area contributed by atoms with Crippen molar-refractivity contribution in [2.24, 2.45) is 0 Å². The maximum absolute atomic E-state index is 12.5. The summed E-state index contributed by atoms with van der Waals surface area (Å²) < 4.78 is 5.08. The number of anilines is 1. The zero-order valence-electron chi connectivity index (χ0n) is 14.4. The molecule has 1 fully saturated rings. The van der Waals surface area contributed by atoms with Crippen LogP contribution in [0.4, 0.5) is 11.4 Å². The number of amides is 2. The zero-order valence-corrected chi connectivity index (χ0v) is 14.4. The lowest BCUT2D eigenvalue weighted by molar-refractivity contribution is -0.383. The van der Waals surface area contributed by atoms with Crippen molar-refractivity contribution in [2.45, 2.75) is 44.6 Å². The fourth-order valence-corrected chi connectivity index (χ4v) is 3.07. The number of nitrogens with one attached hydrogen (secondary N) is 2. The van der Waals surface area contributed by atoms with Crippen LogP contribution < -0.4 is 10.6 Å². The number of ether oxygens (including phenoxy) is 1. The van der Waals surface area contributed by atoms with Crippen LogP contribution in [0.3, 0.4) is 0 Å². The van der Waals surface area contributed by atoms with Gasteiger partial charge >= 0.3 is 5.97 Å². The van der Waals surface area contributed by atoms with Gasteiger partial charge in [-0.1, -0.05) is 31.4 Å². The van der Waals surface area contributed by atoms with E-state index in [1.807, 2.05) is 0 Å². The Labute approximate surface area is 150 Å². The summed E-state index contributed by atoms with van der Waals surface area (Å²) in [6.07, 6.45) is 3.43. The van der Waals surface area contributed by atoms with Gasteiger partial charge < -0.3 is 15.4 Å². The van der Waals surface area contributed by atoms with Gasteiger partial charge in [-0.2, -0.15) is 0 Å². The van der Waals surface area contributed by atoms with E-state index in [0.717, 1.165) is 19.3 Å². The highest BCUT2D eigenvalue weighted by molar-refractivity contribution is 5.96. The van der Waals surface area contributed by atoms with Gasteiger partial charge in [-0.15, -0.1) is 0 Å². The third-order valence-electron chi connectivity index (χ3n) is 4.22. The fraction of sp³-hybridized carbons (Fsp3) is 0.471. The number of benzene rings is 1. The van der Waals surface area contributed by atoms with Crippen LogP contribution >= 0.6 is 0 Å². The van der Waals surface area contributed by atoms with Crippen molar-refractivity contribution in [3.8, 4) is 0 Å². The summed E-state index contributed by atoms with van der Waals surface area (Å²) >= 11 is 0. The monoisotopic (exact) mass is 363 g/mol. The Hall–Kier alpha value is -2.97. The molecule has 26 heavy (non-hydrogen) atoms. The molecule has 0 bridgehead atoms. The number of carbonyl (C=O) groups is 3. The van der Waals surface area contributed by atoms with E-state index in [0.29, 0.717) is 12.8 Å². The van der Waals surface area contributed by atoms with Crippen LogP contribution in [-0.4, -0.2) is 34.9 Å². The average Bonchev–Trinajstić information content (AvgIpc) is 2.60. The van der Waals surface area contributed by atoms with Crippen LogP contribution in [-0.2, 0) is 19.1 Å². The number of hydrogen-bond donors (Lipinski definition) is 2. The minimum Gasteiger partial charge on any atom is -0.454 e. The Morgan fingerprint density at radius 3 is 2.46 bits per heavy atom. The molecular formula is C17H21N3O6. The van der Waals surface area contributed by atoms with Crippen molar-refractivity contribution in [1.29, 1.82) is 0 Å². The maximum atomic E-state index is 12.5. The largest absolute Gasteiger partial charge is 0.454 e. The van der Waals surface area contributed by atoms with E-state index in [9.17, 15) is 24.5 Å². The van der Waals surface area contributed by atoms with Gasteiger partial charge in [0.05, 0.1) is 4.92 Å². The molecule has 0 radical (unpaired) electrons. The number of esters is 1. The second kappa shape index (κ2) is 8.41. The number of hydrogen-bond acceptors (Lipinski definition) is 6. The lowest BCUT2D eigenvalue weighted by Crippen LogP contribution is -2.56.